The molecule has 57 heavy (non-hydrogen) atoms. The fourth-order valence-electron chi connectivity index (χ4n) is 5.51. The Bertz CT molecular complexity index is 2250. The highest BCUT2D eigenvalue weighted by molar-refractivity contribution is 6.37. The third-order valence-electron chi connectivity index (χ3n) is 8.71. The van der Waals surface area contributed by atoms with E-state index in [0.29, 0.717) is 72.1 Å². The second kappa shape index (κ2) is 20.6. The van der Waals surface area contributed by atoms with E-state index in [-0.39, 0.29) is 55.5 Å². The van der Waals surface area contributed by atoms with Crippen LogP contribution in [0, 0.1) is 11.3 Å². The van der Waals surface area contributed by atoms with Crippen molar-refractivity contribution in [1.82, 2.24) is 15.6 Å². The van der Waals surface area contributed by atoms with Gasteiger partial charge in [-0.15, -0.1) is 0 Å². The van der Waals surface area contributed by atoms with Gasteiger partial charge in [-0.05, 0) is 25.1 Å². The van der Waals surface area contributed by atoms with Gasteiger partial charge in [0.1, 0.15) is 54.9 Å². The van der Waals surface area contributed by atoms with Crippen molar-refractivity contribution in [2.75, 3.05) is 13.2 Å². The lowest BCUT2D eigenvalue weighted by atomic mass is 10.0. The molecule has 0 saturated carbocycles. The number of phenols is 1. The monoisotopic (exact) mass is 854 g/mol. The van der Waals surface area contributed by atoms with Gasteiger partial charge in [0.15, 0.2) is 0 Å². The molecule has 6 N–H and O–H groups in total. The van der Waals surface area contributed by atoms with Gasteiger partial charge in [-0.3, -0.25) is 15.1 Å². The lowest BCUT2D eigenvalue weighted by molar-refractivity contribution is -0.140. The molecule has 0 saturated heterocycles. The maximum atomic E-state index is 11.2. The quantitative estimate of drug-likeness (QED) is 0.0477. The van der Waals surface area contributed by atoms with Crippen LogP contribution < -0.4 is 24.8 Å². The number of carboxylic acid groups (broad SMARTS) is 1. The minimum atomic E-state index is -1.23. The number of aromatic hydroxyl groups is 1. The Balaban J connectivity index is 1.31. The summed E-state index contributed by atoms with van der Waals surface area (Å²) >= 11 is 27.0. The summed E-state index contributed by atoms with van der Waals surface area (Å²) in [5.74, 6) is -0.409. The Labute approximate surface area is 349 Å². The lowest BCUT2D eigenvalue weighted by Gasteiger charge is -2.18. The molecule has 0 radical (unpaired) electrons. The number of hydrogen-bond acceptors (Lipinski definition) is 11. The van der Waals surface area contributed by atoms with E-state index >= 15 is 0 Å². The summed E-state index contributed by atoms with van der Waals surface area (Å²) in [6.07, 6.45) is 3.09. The number of carbonyl (C=O) groups is 1. The molecule has 0 spiro atoms. The second-order valence-corrected chi connectivity index (χ2v) is 14.4. The first-order chi connectivity index (χ1) is 27.4. The summed E-state index contributed by atoms with van der Waals surface area (Å²) in [5.41, 5.74) is 4.69. The minimum absolute atomic E-state index is 0.0109. The maximum absolute atomic E-state index is 11.2. The first kappa shape index (κ1) is 43.3. The molecule has 0 aliphatic rings. The Morgan fingerprint density at radius 2 is 1.33 bits per heavy atom. The normalized spacial score (nSPS) is 12.1. The first-order valence-corrected chi connectivity index (χ1v) is 19.0. The molecule has 0 aliphatic carbocycles. The van der Waals surface area contributed by atoms with Crippen molar-refractivity contribution in [2.24, 2.45) is 0 Å². The number of nitrogens with zero attached hydrogens (tertiary/aromatic N) is 2. The number of halogens is 4. The zero-order valence-electron chi connectivity index (χ0n) is 30.4. The van der Waals surface area contributed by atoms with E-state index in [9.17, 15) is 25.4 Å². The number of ether oxygens (including phenoxy) is 3. The molecule has 1 heterocycles. The van der Waals surface area contributed by atoms with E-state index in [4.69, 9.17) is 65.7 Å². The number of aliphatic hydroxyl groups excluding tert-OH is 2. The van der Waals surface area contributed by atoms with Crippen LogP contribution in [0.15, 0.2) is 79.1 Å². The van der Waals surface area contributed by atoms with Gasteiger partial charge in [-0.2, -0.15) is 5.26 Å². The summed E-state index contributed by atoms with van der Waals surface area (Å²) in [4.78, 5) is 15.3. The fraction of sp³-hybridized carbons (Fsp3) is 0.244. The van der Waals surface area contributed by atoms with E-state index in [1.165, 1.54) is 18.3 Å². The average molecular weight is 857 g/mol. The number of hydrogen-bond donors (Lipinski definition) is 6. The minimum Gasteiger partial charge on any atom is -0.507 e. The van der Waals surface area contributed by atoms with Crippen molar-refractivity contribution < 1.29 is 39.4 Å². The van der Waals surface area contributed by atoms with Crippen molar-refractivity contribution in [2.45, 2.75) is 51.9 Å². The number of rotatable bonds is 19. The molecule has 0 amide bonds. The zero-order valence-corrected chi connectivity index (χ0v) is 33.5. The van der Waals surface area contributed by atoms with Crippen molar-refractivity contribution in [3.8, 4) is 40.2 Å². The Hall–Kier alpha value is -4.81. The number of benzene rings is 4. The molecular formula is C41H38Cl4N4O8. The smallest absolute Gasteiger partial charge is 0.323 e. The van der Waals surface area contributed by atoms with Gasteiger partial charge < -0.3 is 40.0 Å². The Morgan fingerprint density at radius 1 is 0.754 bits per heavy atom. The summed E-state index contributed by atoms with van der Waals surface area (Å²) in [7, 11) is 0. The second-order valence-electron chi connectivity index (χ2n) is 12.8. The summed E-state index contributed by atoms with van der Waals surface area (Å²) in [6, 6.07) is 19.5. The summed E-state index contributed by atoms with van der Waals surface area (Å²) in [5, 5.41) is 54.9. The van der Waals surface area contributed by atoms with Crippen LogP contribution in [0.4, 0.5) is 0 Å². The number of phenolic OH excluding ortho intramolecular Hbond substituents is 1. The molecule has 1 aromatic heterocycles. The third kappa shape index (κ3) is 11.4. The summed E-state index contributed by atoms with van der Waals surface area (Å²) < 4.78 is 18.3. The molecule has 0 fully saturated rings. The first-order valence-electron chi connectivity index (χ1n) is 17.4. The van der Waals surface area contributed by atoms with Crippen LogP contribution in [0.25, 0.3) is 11.1 Å². The molecule has 0 bridgehead atoms. The maximum Gasteiger partial charge on any atom is 0.323 e. The van der Waals surface area contributed by atoms with Gasteiger partial charge in [0.25, 0.3) is 0 Å². The zero-order chi connectivity index (χ0) is 41.1. The van der Waals surface area contributed by atoms with E-state index < -0.39 is 18.6 Å². The van der Waals surface area contributed by atoms with Crippen molar-refractivity contribution >= 4 is 52.4 Å². The van der Waals surface area contributed by atoms with Gasteiger partial charge >= 0.3 is 5.97 Å². The Morgan fingerprint density at radius 3 is 1.91 bits per heavy atom. The van der Waals surface area contributed by atoms with Crippen LogP contribution in [-0.2, 0) is 37.7 Å². The molecule has 5 rings (SSSR count). The van der Waals surface area contributed by atoms with Gasteiger partial charge in [-0.25, -0.2) is 0 Å². The predicted molar refractivity (Wildman–Crippen MR) is 217 cm³/mol. The van der Waals surface area contributed by atoms with Crippen molar-refractivity contribution in [1.29, 1.82) is 5.26 Å². The van der Waals surface area contributed by atoms with E-state index in [1.807, 2.05) is 31.2 Å². The molecule has 12 nitrogen and oxygen atoms in total. The predicted octanol–water partition coefficient (Wildman–Crippen LogP) is 7.68. The molecule has 16 heteroatoms. The number of aliphatic hydroxyl groups is 2. The fourth-order valence-corrected chi connectivity index (χ4v) is 6.55. The van der Waals surface area contributed by atoms with E-state index in [2.05, 4.69) is 21.7 Å². The molecule has 298 valence electrons. The van der Waals surface area contributed by atoms with Crippen LogP contribution in [0.2, 0.25) is 20.1 Å². The highest BCUT2D eigenvalue weighted by Gasteiger charge is 2.19. The van der Waals surface area contributed by atoms with Gasteiger partial charge in [0, 0.05) is 82.6 Å². The number of carboxylic acids is 1. The van der Waals surface area contributed by atoms with Crippen LogP contribution in [0.1, 0.15) is 40.3 Å². The molecule has 2 unspecified atom stereocenters. The number of nitriles is 1. The molecular weight excluding hydrogens is 818 g/mol. The standard InChI is InChI=1S/C41H38Cl4N4O8/c1-23(18-50)48-17-29-10-33(43)38(12-36(29)55-20-25-8-24(13-46)14-47-15-25)57-22-27-5-3-7-31(40(27)45)30-6-2-4-26(39(30)44)21-56-37-11-35(52)28(9-32(37)42)16-49-34(19-51)41(53)54/h2-12,14-15,23,34,48-52H,16-22H2,1H3,(H,53,54). The Kier molecular flexibility index (Phi) is 15.6. The van der Waals surface area contributed by atoms with Crippen LogP contribution >= 0.6 is 46.4 Å². The van der Waals surface area contributed by atoms with Gasteiger partial charge in [0.05, 0.1) is 38.9 Å². The van der Waals surface area contributed by atoms with Crippen LogP contribution in [0.3, 0.4) is 0 Å². The molecule has 0 aliphatic heterocycles. The lowest BCUT2D eigenvalue weighted by Crippen LogP contribution is -2.39. The van der Waals surface area contributed by atoms with E-state index in [0.717, 1.165) is 5.56 Å². The highest BCUT2D eigenvalue weighted by atomic mass is 35.5. The SMILES string of the molecule is CC(CO)NCc1cc(Cl)c(OCc2cccc(-c3cccc(COc4cc(O)c(CNC(CO)C(=O)O)cc4Cl)c3Cl)c2Cl)cc1OCc1cncc(C#N)c1. The van der Waals surface area contributed by atoms with E-state index in [1.54, 1.807) is 36.5 Å². The number of nitrogens with one attached hydrogen (secondary N) is 2. The van der Waals surface area contributed by atoms with Gasteiger partial charge in [0.2, 0.25) is 0 Å². The van der Waals surface area contributed by atoms with Crippen molar-refractivity contribution in [3.63, 3.8) is 0 Å². The van der Waals surface area contributed by atoms with Crippen LogP contribution in [0.5, 0.6) is 23.0 Å². The van der Waals surface area contributed by atoms with Crippen LogP contribution in [-0.4, -0.2) is 56.7 Å². The average Bonchev–Trinajstić information content (AvgIpc) is 3.20. The highest BCUT2D eigenvalue weighted by Crippen LogP contribution is 2.40. The molecule has 5 aromatic rings. The number of aliphatic carboxylic acids is 1. The molecule has 4 aromatic carbocycles. The van der Waals surface area contributed by atoms with Crippen molar-refractivity contribution in [3.05, 3.63) is 133 Å². The number of aromatic nitrogens is 1. The largest absolute Gasteiger partial charge is 0.507 e. The third-order valence-corrected chi connectivity index (χ3v) is 10.2. The topological polar surface area (TPSA) is 186 Å². The molecule has 2 atom stereocenters. The summed E-state index contributed by atoms with van der Waals surface area (Å²) in [6.45, 7) is 1.64. The number of pyridine rings is 1. The van der Waals surface area contributed by atoms with Gasteiger partial charge in [-0.1, -0.05) is 82.8 Å².